The SMILES string of the molecule is CN(Cc1cc(C#N)ccc1F)C(=O)COCC(=O)O. The minimum absolute atomic E-state index is 0.0311. The highest BCUT2D eigenvalue weighted by atomic mass is 19.1. The molecule has 106 valence electrons. The van der Waals surface area contributed by atoms with Gasteiger partial charge in [-0.05, 0) is 18.2 Å². The number of benzene rings is 1. The van der Waals surface area contributed by atoms with Crippen LogP contribution in [-0.2, 0) is 20.9 Å². The monoisotopic (exact) mass is 280 g/mol. The number of nitrogens with zero attached hydrogens (tertiary/aromatic N) is 2. The Bertz CT molecular complexity index is 554. The highest BCUT2D eigenvalue weighted by Crippen LogP contribution is 2.12. The van der Waals surface area contributed by atoms with Gasteiger partial charge < -0.3 is 14.7 Å². The van der Waals surface area contributed by atoms with Crippen molar-refractivity contribution in [2.75, 3.05) is 20.3 Å². The molecule has 0 aliphatic carbocycles. The van der Waals surface area contributed by atoms with Crippen LogP contribution in [0, 0.1) is 17.1 Å². The number of likely N-dealkylation sites (N-methyl/N-ethyl adjacent to an activating group) is 1. The van der Waals surface area contributed by atoms with Crippen LogP contribution in [0.3, 0.4) is 0 Å². The fraction of sp³-hybridized carbons (Fsp3) is 0.308. The maximum absolute atomic E-state index is 13.5. The zero-order valence-corrected chi connectivity index (χ0v) is 10.8. The number of amides is 1. The number of carboxylic acids is 1. The lowest BCUT2D eigenvalue weighted by molar-refractivity contribution is -0.145. The molecule has 0 unspecified atom stereocenters. The normalized spacial score (nSPS) is 9.85. The Balaban J connectivity index is 2.61. The summed E-state index contributed by atoms with van der Waals surface area (Å²) in [5, 5.41) is 17.1. The van der Waals surface area contributed by atoms with E-state index in [-0.39, 0.29) is 12.1 Å². The molecule has 20 heavy (non-hydrogen) atoms. The van der Waals surface area contributed by atoms with E-state index in [1.54, 1.807) is 0 Å². The predicted octanol–water partition coefficient (Wildman–Crippen LogP) is 0.757. The summed E-state index contributed by atoms with van der Waals surface area (Å²) < 4.78 is 18.2. The minimum atomic E-state index is -1.17. The lowest BCUT2D eigenvalue weighted by Crippen LogP contribution is -2.31. The van der Waals surface area contributed by atoms with Gasteiger partial charge in [0.2, 0.25) is 5.91 Å². The molecule has 0 saturated carbocycles. The van der Waals surface area contributed by atoms with Gasteiger partial charge in [0.1, 0.15) is 19.0 Å². The highest BCUT2D eigenvalue weighted by Gasteiger charge is 2.13. The molecular weight excluding hydrogens is 267 g/mol. The summed E-state index contributed by atoms with van der Waals surface area (Å²) >= 11 is 0. The van der Waals surface area contributed by atoms with Crippen LogP contribution >= 0.6 is 0 Å². The Morgan fingerprint density at radius 3 is 2.75 bits per heavy atom. The molecule has 0 heterocycles. The standard InChI is InChI=1S/C13H13FN2O4/c1-16(12(17)7-20-8-13(18)19)6-10-4-9(5-15)2-3-11(10)14/h2-4H,6-8H2,1H3,(H,18,19). The maximum Gasteiger partial charge on any atom is 0.329 e. The van der Waals surface area contributed by atoms with Crippen molar-refractivity contribution in [2.24, 2.45) is 0 Å². The van der Waals surface area contributed by atoms with Crippen molar-refractivity contribution in [1.82, 2.24) is 4.90 Å². The molecule has 7 heteroatoms. The topological polar surface area (TPSA) is 90.6 Å². The van der Waals surface area contributed by atoms with Crippen molar-refractivity contribution in [3.63, 3.8) is 0 Å². The van der Waals surface area contributed by atoms with Gasteiger partial charge in [0.15, 0.2) is 0 Å². The lowest BCUT2D eigenvalue weighted by atomic mass is 10.1. The van der Waals surface area contributed by atoms with Crippen molar-refractivity contribution in [1.29, 1.82) is 5.26 Å². The van der Waals surface area contributed by atoms with Gasteiger partial charge in [-0.2, -0.15) is 5.26 Å². The van der Waals surface area contributed by atoms with E-state index in [2.05, 4.69) is 4.74 Å². The van der Waals surface area contributed by atoms with Crippen molar-refractivity contribution in [3.05, 3.63) is 35.1 Å². The van der Waals surface area contributed by atoms with E-state index in [1.807, 2.05) is 6.07 Å². The van der Waals surface area contributed by atoms with E-state index in [4.69, 9.17) is 10.4 Å². The smallest absolute Gasteiger partial charge is 0.329 e. The molecule has 0 saturated heterocycles. The van der Waals surface area contributed by atoms with Crippen LogP contribution in [0.15, 0.2) is 18.2 Å². The number of hydrogen-bond acceptors (Lipinski definition) is 4. The summed E-state index contributed by atoms with van der Waals surface area (Å²) in [4.78, 5) is 23.0. The van der Waals surface area contributed by atoms with Crippen molar-refractivity contribution >= 4 is 11.9 Å². The molecule has 1 N–H and O–H groups in total. The van der Waals surface area contributed by atoms with Crippen molar-refractivity contribution in [3.8, 4) is 6.07 Å². The molecule has 0 fully saturated rings. The van der Waals surface area contributed by atoms with Crippen LogP contribution in [0.1, 0.15) is 11.1 Å². The average molecular weight is 280 g/mol. The van der Waals surface area contributed by atoms with Gasteiger partial charge in [0, 0.05) is 19.2 Å². The minimum Gasteiger partial charge on any atom is -0.480 e. The van der Waals surface area contributed by atoms with E-state index >= 15 is 0 Å². The summed E-state index contributed by atoms with van der Waals surface area (Å²) in [5.74, 6) is -2.17. The van der Waals surface area contributed by atoms with E-state index in [1.165, 1.54) is 24.1 Å². The van der Waals surface area contributed by atoms with Gasteiger partial charge in [-0.3, -0.25) is 4.79 Å². The largest absolute Gasteiger partial charge is 0.480 e. The molecule has 0 aliphatic heterocycles. The molecule has 1 aromatic carbocycles. The average Bonchev–Trinajstić information content (AvgIpc) is 2.40. The molecule has 0 aliphatic rings. The fourth-order valence-electron chi connectivity index (χ4n) is 1.44. The molecule has 1 aromatic rings. The molecule has 0 bridgehead atoms. The number of nitriles is 1. The van der Waals surface area contributed by atoms with Gasteiger partial charge in [-0.25, -0.2) is 9.18 Å². The number of rotatable bonds is 6. The predicted molar refractivity (Wildman–Crippen MR) is 66.0 cm³/mol. The van der Waals surface area contributed by atoms with E-state index < -0.39 is 30.9 Å². The van der Waals surface area contributed by atoms with Crippen molar-refractivity contribution < 1.29 is 23.8 Å². The Kier molecular flexibility index (Phi) is 5.62. The zero-order valence-electron chi connectivity index (χ0n) is 10.8. The highest BCUT2D eigenvalue weighted by molar-refractivity contribution is 5.77. The summed E-state index contributed by atoms with van der Waals surface area (Å²) in [7, 11) is 1.44. The molecule has 1 rings (SSSR count). The first-order valence-electron chi connectivity index (χ1n) is 5.66. The summed E-state index contributed by atoms with van der Waals surface area (Å²) in [6, 6.07) is 5.75. The fourth-order valence-corrected chi connectivity index (χ4v) is 1.44. The van der Waals surface area contributed by atoms with E-state index in [0.29, 0.717) is 5.56 Å². The summed E-state index contributed by atoms with van der Waals surface area (Å²) in [6.45, 7) is -1.00. The van der Waals surface area contributed by atoms with Crippen LogP contribution in [0.2, 0.25) is 0 Å². The molecule has 0 atom stereocenters. The number of ether oxygens (including phenoxy) is 1. The second-order valence-electron chi connectivity index (χ2n) is 4.05. The third-order valence-electron chi connectivity index (χ3n) is 2.46. The van der Waals surface area contributed by atoms with Gasteiger partial charge in [0.25, 0.3) is 0 Å². The first kappa shape index (κ1) is 15.6. The number of carbonyl (C=O) groups excluding carboxylic acids is 1. The molecule has 0 radical (unpaired) electrons. The van der Waals surface area contributed by atoms with Crippen LogP contribution in [-0.4, -0.2) is 42.1 Å². The molecular formula is C13H13FN2O4. The van der Waals surface area contributed by atoms with Crippen LogP contribution in [0.5, 0.6) is 0 Å². The van der Waals surface area contributed by atoms with Gasteiger partial charge in [-0.15, -0.1) is 0 Å². The van der Waals surface area contributed by atoms with Gasteiger partial charge in [0.05, 0.1) is 11.6 Å². The van der Waals surface area contributed by atoms with E-state index in [0.717, 1.165) is 6.07 Å². The van der Waals surface area contributed by atoms with Crippen LogP contribution < -0.4 is 0 Å². The molecule has 0 aromatic heterocycles. The van der Waals surface area contributed by atoms with Crippen molar-refractivity contribution in [2.45, 2.75) is 6.54 Å². The third kappa shape index (κ3) is 4.66. The second kappa shape index (κ2) is 7.21. The Labute approximate surface area is 115 Å². The maximum atomic E-state index is 13.5. The summed E-state index contributed by atoms with van der Waals surface area (Å²) in [5.41, 5.74) is 0.502. The Hall–Kier alpha value is -2.46. The first-order chi connectivity index (χ1) is 9.43. The third-order valence-corrected chi connectivity index (χ3v) is 2.46. The van der Waals surface area contributed by atoms with E-state index in [9.17, 15) is 14.0 Å². The second-order valence-corrected chi connectivity index (χ2v) is 4.05. The molecule has 6 nitrogen and oxygen atoms in total. The van der Waals surface area contributed by atoms with Crippen LogP contribution in [0.4, 0.5) is 4.39 Å². The Morgan fingerprint density at radius 2 is 2.15 bits per heavy atom. The summed E-state index contributed by atoms with van der Waals surface area (Å²) in [6.07, 6.45) is 0. The lowest BCUT2D eigenvalue weighted by Gasteiger charge is -2.17. The molecule has 0 spiro atoms. The zero-order chi connectivity index (χ0) is 15.1. The molecule has 1 amide bonds. The number of carboxylic acid groups (broad SMARTS) is 1. The first-order valence-corrected chi connectivity index (χ1v) is 5.66. The number of aliphatic carboxylic acids is 1. The quantitative estimate of drug-likeness (QED) is 0.830. The van der Waals surface area contributed by atoms with Gasteiger partial charge in [-0.1, -0.05) is 0 Å². The van der Waals surface area contributed by atoms with Gasteiger partial charge >= 0.3 is 5.97 Å². The number of carbonyl (C=O) groups is 2. The number of halogens is 1. The number of hydrogen-bond donors (Lipinski definition) is 1. The Morgan fingerprint density at radius 1 is 1.45 bits per heavy atom. The van der Waals surface area contributed by atoms with Crippen LogP contribution in [0.25, 0.3) is 0 Å².